The summed E-state index contributed by atoms with van der Waals surface area (Å²) in [5.41, 5.74) is 2.45. The monoisotopic (exact) mass is 416 g/mol. The summed E-state index contributed by atoms with van der Waals surface area (Å²) in [5.74, 6) is 2.00. The number of methoxy groups -OCH3 is 1. The molecule has 0 radical (unpaired) electrons. The van der Waals surface area contributed by atoms with E-state index < -0.39 is 0 Å². The van der Waals surface area contributed by atoms with Gasteiger partial charge in [0.15, 0.2) is 6.61 Å². The first kappa shape index (κ1) is 21.6. The predicted molar refractivity (Wildman–Crippen MR) is 114 cm³/mol. The molecule has 5 atom stereocenters. The van der Waals surface area contributed by atoms with Crippen LogP contribution in [0.1, 0.15) is 62.5 Å². The van der Waals surface area contributed by atoms with Gasteiger partial charge in [-0.3, -0.25) is 0 Å². The molecule has 0 aliphatic heterocycles. The lowest BCUT2D eigenvalue weighted by atomic mass is 9.73. The average molecular weight is 417 g/mol. The van der Waals surface area contributed by atoms with Gasteiger partial charge in [0.25, 0.3) is 0 Å². The molecule has 0 heterocycles. The first-order valence-electron chi connectivity index (χ1n) is 11.7. The third-order valence-electron chi connectivity index (χ3n) is 7.91. The molecule has 2 fully saturated rings. The maximum Gasteiger partial charge on any atom is 0.343 e. The Morgan fingerprint density at radius 2 is 2.00 bits per heavy atom. The van der Waals surface area contributed by atoms with Crippen molar-refractivity contribution in [3.05, 3.63) is 29.3 Å². The van der Waals surface area contributed by atoms with Gasteiger partial charge < -0.3 is 19.7 Å². The normalized spacial score (nSPS) is 29.7. The van der Waals surface area contributed by atoms with Crippen LogP contribution in [-0.2, 0) is 22.4 Å². The molecule has 1 aromatic carbocycles. The molecule has 0 unspecified atom stereocenters. The molecule has 5 nitrogen and oxygen atoms in total. The lowest BCUT2D eigenvalue weighted by molar-refractivity contribution is -0.142. The summed E-state index contributed by atoms with van der Waals surface area (Å²) in [7, 11) is 1.36. The highest BCUT2D eigenvalue weighted by Gasteiger charge is 2.45. The van der Waals surface area contributed by atoms with E-state index in [0.29, 0.717) is 17.8 Å². The molecule has 0 aromatic heterocycles. The Balaban J connectivity index is 1.40. The van der Waals surface area contributed by atoms with Crippen LogP contribution in [0.4, 0.5) is 0 Å². The summed E-state index contributed by atoms with van der Waals surface area (Å²) in [4.78, 5) is 11.5. The van der Waals surface area contributed by atoms with Crippen LogP contribution in [-0.4, -0.2) is 42.1 Å². The number of carbonyl (C=O) groups is 1. The number of benzene rings is 1. The second kappa shape index (κ2) is 9.69. The largest absolute Gasteiger partial charge is 0.482 e. The van der Waals surface area contributed by atoms with Crippen molar-refractivity contribution in [1.82, 2.24) is 0 Å². The topological polar surface area (TPSA) is 76.0 Å². The Morgan fingerprint density at radius 3 is 2.77 bits per heavy atom. The molecule has 30 heavy (non-hydrogen) atoms. The molecule has 0 spiro atoms. The lowest BCUT2D eigenvalue weighted by Gasteiger charge is -2.33. The fraction of sp³-hybridized carbons (Fsp3) is 0.720. The van der Waals surface area contributed by atoms with Gasteiger partial charge in [-0.25, -0.2) is 4.79 Å². The highest BCUT2D eigenvalue weighted by Crippen LogP contribution is 2.48. The van der Waals surface area contributed by atoms with E-state index in [-0.39, 0.29) is 30.7 Å². The van der Waals surface area contributed by atoms with Gasteiger partial charge in [0.2, 0.25) is 0 Å². The summed E-state index contributed by atoms with van der Waals surface area (Å²) in [6.45, 7) is -0.0780. The number of hydrogen-bond donors (Lipinski definition) is 2. The Kier molecular flexibility index (Phi) is 6.99. The molecule has 4 rings (SSSR count). The number of carbonyl (C=O) groups excluding carboxylic acids is 1. The minimum Gasteiger partial charge on any atom is -0.482 e. The number of aliphatic hydroxyl groups excluding tert-OH is 2. The highest BCUT2D eigenvalue weighted by molar-refractivity contribution is 5.71. The van der Waals surface area contributed by atoms with E-state index in [2.05, 4.69) is 10.8 Å². The minimum absolute atomic E-state index is 0.0780. The van der Waals surface area contributed by atoms with Crippen LogP contribution < -0.4 is 4.74 Å². The van der Waals surface area contributed by atoms with Crippen LogP contribution >= 0.6 is 0 Å². The van der Waals surface area contributed by atoms with E-state index in [0.717, 1.165) is 50.7 Å². The number of aliphatic hydroxyl groups is 2. The van der Waals surface area contributed by atoms with Gasteiger partial charge in [0.1, 0.15) is 5.75 Å². The molecule has 3 aliphatic carbocycles. The lowest BCUT2D eigenvalue weighted by Crippen LogP contribution is -2.29. The Labute approximate surface area is 179 Å². The standard InChI is InChI=1S/C25H36O5/c1-29-25(28)15-30-24-9-5-8-17-12-20-18(13-21(17)24)14-23(27)19(20)10-11-22(26)16-6-3-2-4-7-16/h5,8-9,16,18-20,22-23,26-27H,2-4,6-7,10-15H2,1H3/t18-,19+,20-,22+,23+/m0/s1. The third-order valence-corrected chi connectivity index (χ3v) is 7.91. The summed E-state index contributed by atoms with van der Waals surface area (Å²) in [6.07, 6.45) is 9.97. The maximum atomic E-state index is 11.5. The van der Waals surface area contributed by atoms with Crippen molar-refractivity contribution in [3.8, 4) is 5.75 Å². The van der Waals surface area contributed by atoms with Crippen LogP contribution in [0.3, 0.4) is 0 Å². The van der Waals surface area contributed by atoms with Crippen LogP contribution in [0, 0.1) is 23.7 Å². The van der Waals surface area contributed by atoms with E-state index in [1.165, 1.54) is 37.5 Å². The zero-order valence-electron chi connectivity index (χ0n) is 18.1. The van der Waals surface area contributed by atoms with Crippen LogP contribution in [0.5, 0.6) is 5.75 Å². The van der Waals surface area contributed by atoms with Gasteiger partial charge in [-0.05, 0) is 85.8 Å². The SMILES string of the molecule is COC(=O)COc1cccc2c1C[C@H]1C[C@@H](O)[C@H](CC[C@@H](O)C3CCCCC3)[C@H]1C2. The van der Waals surface area contributed by atoms with E-state index in [4.69, 9.17) is 4.74 Å². The smallest absolute Gasteiger partial charge is 0.343 e. The first-order chi connectivity index (χ1) is 14.6. The van der Waals surface area contributed by atoms with E-state index >= 15 is 0 Å². The van der Waals surface area contributed by atoms with Crippen molar-refractivity contribution in [3.63, 3.8) is 0 Å². The Hall–Kier alpha value is -1.59. The average Bonchev–Trinajstić information content (AvgIpc) is 3.08. The molecule has 2 N–H and O–H groups in total. The van der Waals surface area contributed by atoms with Crippen molar-refractivity contribution >= 4 is 5.97 Å². The van der Waals surface area contributed by atoms with Gasteiger partial charge in [-0.2, -0.15) is 0 Å². The van der Waals surface area contributed by atoms with Gasteiger partial charge in [-0.15, -0.1) is 0 Å². The third kappa shape index (κ3) is 4.67. The molecule has 2 saturated carbocycles. The van der Waals surface area contributed by atoms with E-state index in [1.54, 1.807) is 0 Å². The molecule has 0 amide bonds. The van der Waals surface area contributed by atoms with Gasteiger partial charge in [-0.1, -0.05) is 31.4 Å². The first-order valence-corrected chi connectivity index (χ1v) is 11.7. The van der Waals surface area contributed by atoms with Crippen LogP contribution in [0.25, 0.3) is 0 Å². The summed E-state index contributed by atoms with van der Waals surface area (Å²) in [6, 6.07) is 6.06. The van der Waals surface area contributed by atoms with Crippen LogP contribution in [0.2, 0.25) is 0 Å². The number of esters is 1. The fourth-order valence-electron chi connectivity index (χ4n) is 6.25. The number of rotatable bonds is 7. The fourth-order valence-corrected chi connectivity index (χ4v) is 6.25. The molecule has 3 aliphatic rings. The molecule has 166 valence electrons. The molecular formula is C25H36O5. The maximum absolute atomic E-state index is 11.5. The van der Waals surface area contributed by atoms with E-state index in [9.17, 15) is 15.0 Å². The summed E-state index contributed by atoms with van der Waals surface area (Å²) < 4.78 is 10.4. The van der Waals surface area contributed by atoms with Gasteiger partial charge in [0, 0.05) is 0 Å². The van der Waals surface area contributed by atoms with E-state index in [1.807, 2.05) is 12.1 Å². The van der Waals surface area contributed by atoms with Crippen molar-refractivity contribution < 1.29 is 24.5 Å². The van der Waals surface area contributed by atoms with Crippen molar-refractivity contribution in [2.24, 2.45) is 23.7 Å². The highest BCUT2D eigenvalue weighted by atomic mass is 16.6. The zero-order valence-corrected chi connectivity index (χ0v) is 18.1. The minimum atomic E-state index is -0.380. The number of ether oxygens (including phenoxy) is 2. The molecule has 1 aromatic rings. The Bertz CT molecular complexity index is 726. The number of fused-ring (bicyclic) bond motifs is 2. The number of hydrogen-bond acceptors (Lipinski definition) is 5. The zero-order chi connectivity index (χ0) is 21.1. The molecule has 0 bridgehead atoms. The Morgan fingerprint density at radius 1 is 1.20 bits per heavy atom. The second-order valence-corrected chi connectivity index (χ2v) is 9.60. The van der Waals surface area contributed by atoms with Gasteiger partial charge >= 0.3 is 5.97 Å². The summed E-state index contributed by atoms with van der Waals surface area (Å²) >= 11 is 0. The molecular weight excluding hydrogens is 380 g/mol. The van der Waals surface area contributed by atoms with Crippen molar-refractivity contribution in [2.45, 2.75) is 76.4 Å². The second-order valence-electron chi connectivity index (χ2n) is 9.60. The van der Waals surface area contributed by atoms with Crippen molar-refractivity contribution in [1.29, 1.82) is 0 Å². The molecule has 0 saturated heterocycles. The predicted octanol–water partition coefficient (Wildman–Crippen LogP) is 3.67. The molecule has 5 heteroatoms. The quantitative estimate of drug-likeness (QED) is 0.664. The van der Waals surface area contributed by atoms with Gasteiger partial charge in [0.05, 0.1) is 19.3 Å². The van der Waals surface area contributed by atoms with Crippen LogP contribution in [0.15, 0.2) is 18.2 Å². The summed E-state index contributed by atoms with van der Waals surface area (Å²) in [5, 5.41) is 21.5. The van der Waals surface area contributed by atoms with Crippen molar-refractivity contribution in [2.75, 3.05) is 13.7 Å².